The zero-order chi connectivity index (χ0) is 21.8. The van der Waals surface area contributed by atoms with Gasteiger partial charge in [-0.2, -0.15) is 0 Å². The Balaban J connectivity index is 1.62. The monoisotopic (exact) mass is 411 g/mol. The van der Waals surface area contributed by atoms with Crippen LogP contribution < -0.4 is 0 Å². The van der Waals surface area contributed by atoms with Gasteiger partial charge < -0.3 is 18.5 Å². The molecule has 0 bridgehead atoms. The first-order valence-electron chi connectivity index (χ1n) is 10.1. The van der Waals surface area contributed by atoms with Gasteiger partial charge in [-0.1, -0.05) is 0 Å². The second-order valence-corrected chi connectivity index (χ2v) is 7.74. The number of esters is 1. The average molecular weight is 411 g/mol. The number of carbonyl (C=O) groups excluding carboxylic acids is 2. The molecule has 0 radical (unpaired) electrons. The predicted octanol–water partition coefficient (Wildman–Crippen LogP) is 4.47. The highest BCUT2D eigenvalue weighted by Gasteiger charge is 2.18. The summed E-state index contributed by atoms with van der Waals surface area (Å²) in [7, 11) is 1.67. The van der Waals surface area contributed by atoms with Crippen molar-refractivity contribution in [1.82, 2.24) is 4.57 Å². The van der Waals surface area contributed by atoms with Gasteiger partial charge in [0.25, 0.3) is 0 Å². The molecule has 0 atom stereocenters. The number of ether oxygens (including phenoxy) is 2. The highest BCUT2D eigenvalue weighted by Crippen LogP contribution is 2.25. The summed E-state index contributed by atoms with van der Waals surface area (Å²) >= 11 is 0. The van der Waals surface area contributed by atoms with Crippen LogP contribution in [0.5, 0.6) is 0 Å². The maximum absolute atomic E-state index is 12.6. The van der Waals surface area contributed by atoms with Crippen molar-refractivity contribution in [3.8, 4) is 0 Å². The molecular weight excluding hydrogens is 382 g/mol. The smallest absolute Gasteiger partial charge is 0.310 e. The van der Waals surface area contributed by atoms with Crippen LogP contribution in [-0.4, -0.2) is 36.6 Å². The number of benzene rings is 1. The van der Waals surface area contributed by atoms with E-state index in [1.165, 1.54) is 0 Å². The lowest BCUT2D eigenvalue weighted by Gasteiger charge is -2.09. The number of rotatable bonds is 9. The van der Waals surface area contributed by atoms with E-state index in [1.54, 1.807) is 13.4 Å². The molecular formula is C24H29NO5. The second kappa shape index (κ2) is 9.30. The van der Waals surface area contributed by atoms with Gasteiger partial charge >= 0.3 is 5.97 Å². The lowest BCUT2D eigenvalue weighted by Crippen LogP contribution is -2.16. The highest BCUT2D eigenvalue weighted by atomic mass is 16.5. The van der Waals surface area contributed by atoms with Gasteiger partial charge in [0.05, 0.1) is 12.7 Å². The molecule has 6 nitrogen and oxygen atoms in total. The minimum atomic E-state index is -0.446. The third-order valence-corrected chi connectivity index (χ3v) is 5.57. The van der Waals surface area contributed by atoms with E-state index in [0.29, 0.717) is 12.2 Å². The number of methoxy groups -OCH3 is 1. The number of carbonyl (C=O) groups is 2. The molecule has 0 aliphatic heterocycles. The SMILES string of the molecule is COCCCn1c(C)cc(C(=O)COC(=O)Cc2coc3cc(C)c(C)cc23)c1C. The van der Waals surface area contributed by atoms with E-state index < -0.39 is 5.97 Å². The molecule has 0 saturated carbocycles. The zero-order valence-electron chi connectivity index (χ0n) is 18.3. The van der Waals surface area contributed by atoms with Crippen molar-refractivity contribution in [2.45, 2.75) is 47.1 Å². The topological polar surface area (TPSA) is 70.7 Å². The minimum Gasteiger partial charge on any atom is -0.464 e. The van der Waals surface area contributed by atoms with Gasteiger partial charge in [0.2, 0.25) is 5.78 Å². The van der Waals surface area contributed by atoms with Crippen molar-refractivity contribution in [1.29, 1.82) is 0 Å². The maximum Gasteiger partial charge on any atom is 0.310 e. The standard InChI is InChI=1S/C24H29NO5/c1-15-9-21-19(13-29-23(21)10-16(15)2)12-24(27)30-14-22(26)20-11-17(3)25(18(20)4)7-6-8-28-5/h9-11,13H,6-8,12,14H2,1-5H3. The summed E-state index contributed by atoms with van der Waals surface area (Å²) in [4.78, 5) is 25.0. The van der Waals surface area contributed by atoms with Crippen molar-refractivity contribution >= 4 is 22.7 Å². The van der Waals surface area contributed by atoms with Crippen LogP contribution in [-0.2, 0) is 27.2 Å². The maximum atomic E-state index is 12.6. The van der Waals surface area contributed by atoms with Crippen molar-refractivity contribution in [2.75, 3.05) is 20.3 Å². The molecule has 0 amide bonds. The lowest BCUT2D eigenvalue weighted by molar-refractivity contribution is -0.141. The van der Waals surface area contributed by atoms with E-state index >= 15 is 0 Å². The first-order valence-corrected chi connectivity index (χ1v) is 10.1. The Kier molecular flexibility index (Phi) is 6.77. The van der Waals surface area contributed by atoms with Gasteiger partial charge in [0.15, 0.2) is 6.61 Å². The van der Waals surface area contributed by atoms with Crippen LogP contribution in [0.25, 0.3) is 11.0 Å². The fourth-order valence-corrected chi connectivity index (χ4v) is 3.70. The summed E-state index contributed by atoms with van der Waals surface area (Å²) in [6, 6.07) is 5.83. The number of hydrogen-bond acceptors (Lipinski definition) is 5. The number of aromatic nitrogens is 1. The van der Waals surface area contributed by atoms with Gasteiger partial charge in [-0.3, -0.25) is 9.59 Å². The van der Waals surface area contributed by atoms with Crippen molar-refractivity contribution < 1.29 is 23.5 Å². The second-order valence-electron chi connectivity index (χ2n) is 7.74. The summed E-state index contributed by atoms with van der Waals surface area (Å²) in [6.07, 6.45) is 2.52. The molecule has 0 saturated heterocycles. The third kappa shape index (κ3) is 4.65. The highest BCUT2D eigenvalue weighted by molar-refractivity contribution is 5.99. The Morgan fingerprint density at radius 3 is 2.53 bits per heavy atom. The van der Waals surface area contributed by atoms with Crippen LogP contribution in [0.1, 0.15) is 44.9 Å². The Labute approximate surface area is 176 Å². The number of hydrogen-bond donors (Lipinski definition) is 0. The molecule has 0 N–H and O–H groups in total. The van der Waals surface area contributed by atoms with Gasteiger partial charge in [0.1, 0.15) is 5.58 Å². The van der Waals surface area contributed by atoms with Crippen molar-refractivity contribution in [3.63, 3.8) is 0 Å². The minimum absolute atomic E-state index is 0.0683. The lowest BCUT2D eigenvalue weighted by atomic mass is 10.0. The molecule has 0 fully saturated rings. The Hall–Kier alpha value is -2.86. The summed E-state index contributed by atoms with van der Waals surface area (Å²) in [6.45, 7) is 9.10. The molecule has 2 aromatic heterocycles. The van der Waals surface area contributed by atoms with Gasteiger partial charge in [-0.25, -0.2) is 0 Å². The summed E-state index contributed by atoms with van der Waals surface area (Å²) in [5.41, 5.74) is 6.27. The molecule has 0 aliphatic rings. The van der Waals surface area contributed by atoms with Crippen LogP contribution in [0, 0.1) is 27.7 Å². The molecule has 0 unspecified atom stereocenters. The van der Waals surface area contributed by atoms with E-state index in [0.717, 1.165) is 52.0 Å². The normalized spacial score (nSPS) is 11.2. The van der Waals surface area contributed by atoms with Crippen molar-refractivity contribution in [2.24, 2.45) is 0 Å². The van der Waals surface area contributed by atoms with Gasteiger partial charge in [0, 0.05) is 48.2 Å². The molecule has 2 heterocycles. The fourth-order valence-electron chi connectivity index (χ4n) is 3.70. The predicted molar refractivity (Wildman–Crippen MR) is 115 cm³/mol. The summed E-state index contributed by atoms with van der Waals surface area (Å²) < 4.78 is 18.0. The molecule has 1 aromatic carbocycles. The molecule has 3 aromatic rings. The molecule has 0 aliphatic carbocycles. The van der Waals surface area contributed by atoms with Crippen LogP contribution in [0.3, 0.4) is 0 Å². The van der Waals surface area contributed by atoms with Crippen LogP contribution >= 0.6 is 0 Å². The molecule has 3 rings (SSSR count). The molecule has 6 heteroatoms. The van der Waals surface area contributed by atoms with Crippen LogP contribution in [0.4, 0.5) is 0 Å². The largest absolute Gasteiger partial charge is 0.464 e. The van der Waals surface area contributed by atoms with Crippen LogP contribution in [0.2, 0.25) is 0 Å². The van der Waals surface area contributed by atoms with E-state index in [9.17, 15) is 9.59 Å². The molecule has 0 spiro atoms. The Morgan fingerprint density at radius 2 is 1.80 bits per heavy atom. The van der Waals surface area contributed by atoms with Gasteiger partial charge in [-0.05, 0) is 63.4 Å². The summed E-state index contributed by atoms with van der Waals surface area (Å²) in [5.74, 6) is -0.642. The Bertz CT molecular complexity index is 1070. The molecule has 30 heavy (non-hydrogen) atoms. The van der Waals surface area contributed by atoms with E-state index in [-0.39, 0.29) is 18.8 Å². The first kappa shape index (κ1) is 21.8. The Morgan fingerprint density at radius 1 is 1.07 bits per heavy atom. The average Bonchev–Trinajstić information content (AvgIpc) is 3.21. The number of furan rings is 1. The van der Waals surface area contributed by atoms with Gasteiger partial charge in [-0.15, -0.1) is 0 Å². The number of ketones is 1. The third-order valence-electron chi connectivity index (χ3n) is 5.57. The number of nitrogens with zero attached hydrogens (tertiary/aromatic N) is 1. The quantitative estimate of drug-likeness (QED) is 0.295. The van der Waals surface area contributed by atoms with Crippen LogP contribution in [0.15, 0.2) is 28.9 Å². The number of aryl methyl sites for hydroxylation is 3. The molecule has 160 valence electrons. The summed E-state index contributed by atoms with van der Waals surface area (Å²) in [5, 5.41) is 0.904. The van der Waals surface area contributed by atoms with Crippen molar-refractivity contribution in [3.05, 3.63) is 58.1 Å². The number of fused-ring (bicyclic) bond motifs is 1. The van der Waals surface area contributed by atoms with E-state index in [4.69, 9.17) is 13.9 Å². The zero-order valence-corrected chi connectivity index (χ0v) is 18.3. The fraction of sp³-hybridized carbons (Fsp3) is 0.417. The van der Waals surface area contributed by atoms with E-state index in [2.05, 4.69) is 4.57 Å². The first-order chi connectivity index (χ1) is 14.3. The number of Topliss-reactive ketones (excluding diaryl/α,β-unsaturated/α-hetero) is 1. The van der Waals surface area contributed by atoms with E-state index in [1.807, 2.05) is 45.9 Å².